The van der Waals surface area contributed by atoms with Crippen molar-refractivity contribution in [2.24, 2.45) is 5.41 Å². The largest absolute Gasteiger partial charge is 0.396 e. The van der Waals surface area contributed by atoms with Crippen molar-refractivity contribution in [2.75, 3.05) is 13.2 Å². The molecule has 4 heteroatoms. The molecule has 1 heterocycles. The van der Waals surface area contributed by atoms with Crippen LogP contribution in [-0.2, 0) is 0 Å². The van der Waals surface area contributed by atoms with Gasteiger partial charge in [0, 0.05) is 29.8 Å². The molecule has 0 fully saturated rings. The molecule has 0 bridgehead atoms. The molecule has 0 atom stereocenters. The summed E-state index contributed by atoms with van der Waals surface area (Å²) in [6, 6.07) is 9.52. The number of pyridine rings is 1. The Balaban J connectivity index is 2.12. The Morgan fingerprint density at radius 3 is 2.61 bits per heavy atom. The average Bonchev–Trinajstić information content (AvgIpc) is 2.58. The maximum atomic E-state index is 12.4. The molecule has 0 saturated carbocycles. The van der Waals surface area contributed by atoms with Gasteiger partial charge in [0.15, 0.2) is 0 Å². The lowest BCUT2D eigenvalue weighted by molar-refractivity contribution is 0.0907. The molecule has 0 spiro atoms. The zero-order valence-corrected chi connectivity index (χ0v) is 14.2. The molecule has 0 aliphatic carbocycles. The third-order valence-electron chi connectivity index (χ3n) is 4.86. The number of hydrogen-bond acceptors (Lipinski definition) is 3. The van der Waals surface area contributed by atoms with E-state index in [1.807, 2.05) is 37.3 Å². The van der Waals surface area contributed by atoms with Gasteiger partial charge in [-0.25, -0.2) is 0 Å². The molecule has 23 heavy (non-hydrogen) atoms. The van der Waals surface area contributed by atoms with E-state index < -0.39 is 0 Å². The fourth-order valence-corrected chi connectivity index (χ4v) is 2.92. The molecule has 0 radical (unpaired) electrons. The highest BCUT2D eigenvalue weighted by Crippen LogP contribution is 2.29. The molecule has 0 saturated heterocycles. The Morgan fingerprint density at radius 1 is 1.22 bits per heavy atom. The summed E-state index contributed by atoms with van der Waals surface area (Å²) in [5.74, 6) is -0.0725. The summed E-state index contributed by atoms with van der Waals surface area (Å²) in [6.45, 7) is 6.91. The van der Waals surface area contributed by atoms with Crippen LogP contribution in [0, 0.1) is 12.3 Å². The van der Waals surface area contributed by atoms with Gasteiger partial charge in [0.2, 0.25) is 0 Å². The minimum absolute atomic E-state index is 0.0279. The van der Waals surface area contributed by atoms with Crippen LogP contribution in [0.15, 0.2) is 30.3 Å². The van der Waals surface area contributed by atoms with Gasteiger partial charge in [-0.2, -0.15) is 0 Å². The minimum Gasteiger partial charge on any atom is -0.396 e. The van der Waals surface area contributed by atoms with E-state index in [0.29, 0.717) is 18.5 Å². The molecule has 0 aliphatic heterocycles. The lowest BCUT2D eigenvalue weighted by Gasteiger charge is -2.31. The minimum atomic E-state index is -0.0725. The quantitative estimate of drug-likeness (QED) is 0.822. The number of aromatic nitrogens is 1. The van der Waals surface area contributed by atoms with Gasteiger partial charge in [0.25, 0.3) is 5.91 Å². The molecule has 2 N–H and O–H groups in total. The number of nitrogens with one attached hydrogen (secondary N) is 1. The van der Waals surface area contributed by atoms with Crippen molar-refractivity contribution in [1.29, 1.82) is 0 Å². The van der Waals surface area contributed by atoms with Crippen molar-refractivity contribution >= 4 is 16.8 Å². The molecule has 2 aromatic rings. The molecule has 0 unspecified atom stereocenters. The first-order chi connectivity index (χ1) is 11.0. The predicted octanol–water partition coefficient (Wildman–Crippen LogP) is 3.46. The molecule has 1 aromatic carbocycles. The monoisotopic (exact) mass is 314 g/mol. The van der Waals surface area contributed by atoms with Crippen LogP contribution in [0.2, 0.25) is 0 Å². The van der Waals surface area contributed by atoms with Crippen LogP contribution < -0.4 is 5.32 Å². The normalized spacial score (nSPS) is 11.7. The zero-order valence-electron chi connectivity index (χ0n) is 14.2. The number of rotatable bonds is 7. The molecule has 4 nitrogen and oxygen atoms in total. The highest BCUT2D eigenvalue weighted by molar-refractivity contribution is 5.97. The molecule has 1 amide bonds. The van der Waals surface area contributed by atoms with Crippen LogP contribution in [-0.4, -0.2) is 29.1 Å². The molecular formula is C19H26N2O2. The molecule has 1 aromatic heterocycles. The van der Waals surface area contributed by atoms with E-state index in [1.165, 1.54) is 0 Å². The molecule has 2 rings (SSSR count). The highest BCUT2D eigenvalue weighted by Gasteiger charge is 2.26. The van der Waals surface area contributed by atoms with Crippen molar-refractivity contribution in [3.63, 3.8) is 0 Å². The van der Waals surface area contributed by atoms with E-state index in [4.69, 9.17) is 0 Å². The fraction of sp³-hybridized carbons (Fsp3) is 0.474. The Hall–Kier alpha value is -1.94. The van der Waals surface area contributed by atoms with Crippen molar-refractivity contribution < 1.29 is 9.90 Å². The topological polar surface area (TPSA) is 62.2 Å². The maximum Gasteiger partial charge on any atom is 0.251 e. The van der Waals surface area contributed by atoms with Gasteiger partial charge in [-0.05, 0) is 55.9 Å². The molecule has 124 valence electrons. The highest BCUT2D eigenvalue weighted by atomic mass is 16.3. The molecular weight excluding hydrogens is 288 g/mol. The number of aryl methyl sites for hydroxylation is 1. The summed E-state index contributed by atoms with van der Waals surface area (Å²) in [4.78, 5) is 16.9. The Bertz CT molecular complexity index is 678. The fourth-order valence-electron chi connectivity index (χ4n) is 2.92. The first kappa shape index (κ1) is 17.4. The van der Waals surface area contributed by atoms with Crippen LogP contribution in [0.1, 0.15) is 49.2 Å². The van der Waals surface area contributed by atoms with Gasteiger partial charge in [0.05, 0.1) is 5.52 Å². The van der Waals surface area contributed by atoms with Gasteiger partial charge in [-0.1, -0.05) is 19.9 Å². The van der Waals surface area contributed by atoms with E-state index in [0.717, 1.165) is 29.4 Å². The number of benzene rings is 1. The number of aliphatic hydroxyl groups excluding tert-OH is 1. The van der Waals surface area contributed by atoms with Crippen molar-refractivity contribution in [3.05, 3.63) is 41.6 Å². The first-order valence-corrected chi connectivity index (χ1v) is 8.30. The first-order valence-electron chi connectivity index (χ1n) is 8.30. The van der Waals surface area contributed by atoms with Crippen molar-refractivity contribution in [1.82, 2.24) is 10.3 Å². The zero-order chi connectivity index (χ0) is 16.9. The van der Waals surface area contributed by atoms with Gasteiger partial charge >= 0.3 is 0 Å². The smallest absolute Gasteiger partial charge is 0.251 e. The third kappa shape index (κ3) is 4.08. The van der Waals surface area contributed by atoms with E-state index in [1.54, 1.807) is 0 Å². The summed E-state index contributed by atoms with van der Waals surface area (Å²) in [6.07, 6.45) is 2.58. The summed E-state index contributed by atoms with van der Waals surface area (Å²) >= 11 is 0. The van der Waals surface area contributed by atoms with Gasteiger partial charge < -0.3 is 10.4 Å². The maximum absolute atomic E-state index is 12.4. The third-order valence-corrected chi connectivity index (χ3v) is 4.86. The van der Waals surface area contributed by atoms with E-state index in [9.17, 15) is 9.90 Å². The van der Waals surface area contributed by atoms with Gasteiger partial charge in [-0.3, -0.25) is 9.78 Å². The number of amides is 1. The number of fused-ring (bicyclic) bond motifs is 1. The number of hydrogen-bond donors (Lipinski definition) is 2. The van der Waals surface area contributed by atoms with Gasteiger partial charge in [0.1, 0.15) is 0 Å². The summed E-state index contributed by atoms with van der Waals surface area (Å²) in [5, 5.41) is 13.3. The number of aliphatic hydroxyl groups is 1. The summed E-state index contributed by atoms with van der Waals surface area (Å²) in [5.41, 5.74) is 2.49. The lowest BCUT2D eigenvalue weighted by Crippen LogP contribution is -2.37. The summed E-state index contributed by atoms with van der Waals surface area (Å²) in [7, 11) is 0. The van der Waals surface area contributed by atoms with Crippen molar-refractivity contribution in [2.45, 2.75) is 40.0 Å². The second-order valence-corrected chi connectivity index (χ2v) is 6.22. The van der Waals surface area contributed by atoms with Crippen molar-refractivity contribution in [3.8, 4) is 0 Å². The van der Waals surface area contributed by atoms with Crippen LogP contribution in [0.3, 0.4) is 0 Å². The van der Waals surface area contributed by atoms with Crippen LogP contribution in [0.25, 0.3) is 10.9 Å². The van der Waals surface area contributed by atoms with Crippen LogP contribution in [0.4, 0.5) is 0 Å². The number of nitrogens with zero attached hydrogens (tertiary/aromatic N) is 1. The molecule has 0 aliphatic rings. The lowest BCUT2D eigenvalue weighted by atomic mass is 9.79. The number of carbonyl (C=O) groups is 1. The van der Waals surface area contributed by atoms with Gasteiger partial charge in [-0.15, -0.1) is 0 Å². The SMILES string of the molecule is CCC(CC)(CCO)CNC(=O)c1ccc2nc(C)ccc2c1. The second kappa shape index (κ2) is 7.55. The Labute approximate surface area is 137 Å². The van der Waals surface area contributed by atoms with Crippen LogP contribution in [0.5, 0.6) is 0 Å². The van der Waals surface area contributed by atoms with E-state index >= 15 is 0 Å². The van der Waals surface area contributed by atoms with E-state index in [-0.39, 0.29) is 17.9 Å². The Morgan fingerprint density at radius 2 is 1.96 bits per heavy atom. The standard InChI is InChI=1S/C19H26N2O2/c1-4-19(5-2,10-11-22)13-20-18(23)16-8-9-17-15(12-16)7-6-14(3)21-17/h6-9,12,22H,4-5,10-11,13H2,1-3H3,(H,20,23). The van der Waals surface area contributed by atoms with E-state index in [2.05, 4.69) is 24.1 Å². The number of carbonyl (C=O) groups excluding carboxylic acids is 1. The van der Waals surface area contributed by atoms with Crippen LogP contribution >= 0.6 is 0 Å². The summed E-state index contributed by atoms with van der Waals surface area (Å²) < 4.78 is 0. The second-order valence-electron chi connectivity index (χ2n) is 6.22. The average molecular weight is 314 g/mol. The predicted molar refractivity (Wildman–Crippen MR) is 93.5 cm³/mol. The Kier molecular flexibility index (Phi) is 5.72.